The molecule has 0 radical (unpaired) electrons. The lowest BCUT2D eigenvalue weighted by Crippen LogP contribution is -2.05. The molecule has 1 heterocycles. The van der Waals surface area contributed by atoms with Crippen LogP contribution >= 0.6 is 11.6 Å². The Kier molecular flexibility index (Phi) is 3.15. The smallest absolute Gasteiger partial charge is 0.197 e. The maximum atomic E-state index is 13.5. The third-order valence-corrected chi connectivity index (χ3v) is 2.47. The van der Waals surface area contributed by atoms with Crippen LogP contribution in [0.25, 0.3) is 0 Å². The zero-order valence-electron chi connectivity index (χ0n) is 8.45. The van der Waals surface area contributed by atoms with Crippen molar-refractivity contribution in [3.63, 3.8) is 0 Å². The highest BCUT2D eigenvalue weighted by Crippen LogP contribution is 2.21. The molecule has 0 unspecified atom stereocenters. The Morgan fingerprint density at radius 3 is 2.65 bits per heavy atom. The lowest BCUT2D eigenvalue weighted by Gasteiger charge is -2.03. The van der Waals surface area contributed by atoms with Gasteiger partial charge in [0.2, 0.25) is 0 Å². The molecule has 0 saturated carbocycles. The fourth-order valence-corrected chi connectivity index (χ4v) is 1.50. The molecule has 17 heavy (non-hydrogen) atoms. The van der Waals surface area contributed by atoms with Crippen molar-refractivity contribution in [1.29, 1.82) is 0 Å². The number of ketones is 1. The molecule has 0 fully saturated rings. The molecule has 2 rings (SSSR count). The van der Waals surface area contributed by atoms with Gasteiger partial charge < -0.3 is 0 Å². The van der Waals surface area contributed by atoms with Gasteiger partial charge in [0.1, 0.15) is 11.6 Å². The van der Waals surface area contributed by atoms with Crippen molar-refractivity contribution in [1.82, 2.24) is 4.98 Å². The quantitative estimate of drug-likeness (QED) is 0.607. The lowest BCUT2D eigenvalue weighted by atomic mass is 10.0. The number of nitrogens with zero attached hydrogens (tertiary/aromatic N) is 1. The Labute approximate surface area is 101 Å². The number of benzene rings is 1. The van der Waals surface area contributed by atoms with E-state index in [1.54, 1.807) is 0 Å². The molecule has 1 aromatic carbocycles. The van der Waals surface area contributed by atoms with Crippen LogP contribution in [0.2, 0.25) is 5.02 Å². The Balaban J connectivity index is 2.48. The van der Waals surface area contributed by atoms with Crippen LogP contribution < -0.4 is 0 Å². The van der Waals surface area contributed by atoms with Gasteiger partial charge in [0.25, 0.3) is 0 Å². The summed E-state index contributed by atoms with van der Waals surface area (Å²) in [6.07, 6.45) is 2.77. The molecule has 2 aromatic rings. The number of hydrogen-bond acceptors (Lipinski definition) is 2. The Hall–Kier alpha value is -1.81. The Morgan fingerprint density at radius 2 is 2.00 bits per heavy atom. The van der Waals surface area contributed by atoms with Crippen molar-refractivity contribution in [2.45, 2.75) is 0 Å². The van der Waals surface area contributed by atoms with Crippen LogP contribution in [-0.2, 0) is 0 Å². The molecule has 0 N–H and O–H groups in total. The van der Waals surface area contributed by atoms with Crippen LogP contribution in [-0.4, -0.2) is 10.8 Å². The first kappa shape index (κ1) is 11.7. The van der Waals surface area contributed by atoms with Crippen molar-refractivity contribution in [2.75, 3.05) is 0 Å². The maximum Gasteiger partial charge on any atom is 0.197 e. The third kappa shape index (κ3) is 2.31. The normalized spacial score (nSPS) is 10.3. The molecule has 0 bridgehead atoms. The van der Waals surface area contributed by atoms with Gasteiger partial charge in [0.15, 0.2) is 5.78 Å². The molecule has 0 aliphatic heterocycles. The van der Waals surface area contributed by atoms with E-state index in [1.165, 1.54) is 24.5 Å². The lowest BCUT2D eigenvalue weighted by molar-refractivity contribution is 0.103. The number of carbonyl (C=O) groups is 1. The standard InChI is InChI=1S/C12H6ClF2NO/c13-9-5-10(14)8(4-11(9)15)12(17)7-2-1-3-16-6-7/h1-6H. The summed E-state index contributed by atoms with van der Waals surface area (Å²) in [5.74, 6) is -2.32. The molecule has 0 atom stereocenters. The minimum Gasteiger partial charge on any atom is -0.288 e. The molecular formula is C12H6ClF2NO. The van der Waals surface area contributed by atoms with E-state index in [9.17, 15) is 13.6 Å². The second-order valence-electron chi connectivity index (χ2n) is 3.32. The number of rotatable bonds is 2. The van der Waals surface area contributed by atoms with Gasteiger partial charge in [0, 0.05) is 18.0 Å². The minimum absolute atomic E-state index is 0.188. The van der Waals surface area contributed by atoms with E-state index in [2.05, 4.69) is 4.98 Å². The van der Waals surface area contributed by atoms with Crippen LogP contribution in [0.5, 0.6) is 0 Å². The third-order valence-electron chi connectivity index (χ3n) is 2.18. The summed E-state index contributed by atoms with van der Waals surface area (Å²) in [5.41, 5.74) is -0.173. The fraction of sp³-hybridized carbons (Fsp3) is 0. The molecule has 0 spiro atoms. The molecule has 1 aromatic heterocycles. The summed E-state index contributed by atoms with van der Waals surface area (Å²) in [5, 5.41) is -0.356. The van der Waals surface area contributed by atoms with Gasteiger partial charge in [-0.2, -0.15) is 0 Å². The summed E-state index contributed by atoms with van der Waals surface area (Å²) in [6, 6.07) is 4.58. The molecule has 0 aliphatic carbocycles. The second-order valence-corrected chi connectivity index (χ2v) is 3.72. The first-order chi connectivity index (χ1) is 8.09. The molecule has 0 aliphatic rings. The monoisotopic (exact) mass is 253 g/mol. The average Bonchev–Trinajstić information content (AvgIpc) is 2.34. The van der Waals surface area contributed by atoms with Crippen LogP contribution in [0.4, 0.5) is 8.78 Å². The van der Waals surface area contributed by atoms with E-state index >= 15 is 0 Å². The predicted molar refractivity (Wildman–Crippen MR) is 59.0 cm³/mol. The Morgan fingerprint density at radius 1 is 1.24 bits per heavy atom. The highest BCUT2D eigenvalue weighted by molar-refractivity contribution is 6.30. The van der Waals surface area contributed by atoms with E-state index in [-0.39, 0.29) is 16.1 Å². The van der Waals surface area contributed by atoms with E-state index in [0.717, 1.165) is 12.1 Å². The van der Waals surface area contributed by atoms with E-state index < -0.39 is 17.4 Å². The summed E-state index contributed by atoms with van der Waals surface area (Å²) in [7, 11) is 0. The molecular weight excluding hydrogens is 248 g/mol. The van der Waals surface area contributed by atoms with Crippen molar-refractivity contribution < 1.29 is 13.6 Å². The molecule has 0 amide bonds. The van der Waals surface area contributed by atoms with Crippen molar-refractivity contribution in [3.8, 4) is 0 Å². The number of carbonyl (C=O) groups excluding carboxylic acids is 1. The van der Waals surface area contributed by atoms with Gasteiger partial charge in [-0.25, -0.2) is 8.78 Å². The fourth-order valence-electron chi connectivity index (χ4n) is 1.35. The largest absolute Gasteiger partial charge is 0.288 e. The van der Waals surface area contributed by atoms with Crippen LogP contribution in [0, 0.1) is 11.6 Å². The summed E-state index contributed by atoms with van der Waals surface area (Å²) in [6.45, 7) is 0. The predicted octanol–water partition coefficient (Wildman–Crippen LogP) is 3.24. The van der Waals surface area contributed by atoms with Gasteiger partial charge in [-0.1, -0.05) is 11.6 Å². The van der Waals surface area contributed by atoms with Crippen molar-refractivity contribution in [2.24, 2.45) is 0 Å². The molecule has 86 valence electrons. The van der Waals surface area contributed by atoms with Crippen molar-refractivity contribution in [3.05, 3.63) is 64.4 Å². The van der Waals surface area contributed by atoms with Crippen LogP contribution in [0.1, 0.15) is 15.9 Å². The second kappa shape index (κ2) is 4.59. The van der Waals surface area contributed by atoms with Crippen LogP contribution in [0.15, 0.2) is 36.7 Å². The summed E-state index contributed by atoms with van der Waals surface area (Å²) < 4.78 is 26.6. The summed E-state index contributed by atoms with van der Waals surface area (Å²) in [4.78, 5) is 15.6. The van der Waals surface area contributed by atoms with Gasteiger partial charge in [-0.05, 0) is 24.3 Å². The minimum atomic E-state index is -0.856. The van der Waals surface area contributed by atoms with E-state index in [1.807, 2.05) is 0 Å². The zero-order chi connectivity index (χ0) is 12.4. The molecule has 0 saturated heterocycles. The highest BCUT2D eigenvalue weighted by atomic mass is 35.5. The van der Waals surface area contributed by atoms with Gasteiger partial charge in [-0.15, -0.1) is 0 Å². The maximum absolute atomic E-state index is 13.5. The number of halogens is 3. The number of aromatic nitrogens is 1. The van der Waals surface area contributed by atoms with E-state index in [4.69, 9.17) is 11.6 Å². The number of pyridine rings is 1. The highest BCUT2D eigenvalue weighted by Gasteiger charge is 2.16. The van der Waals surface area contributed by atoms with Gasteiger partial charge >= 0.3 is 0 Å². The molecule has 2 nitrogen and oxygen atoms in total. The van der Waals surface area contributed by atoms with Gasteiger partial charge in [0.05, 0.1) is 10.6 Å². The Bertz CT molecular complexity index is 572. The van der Waals surface area contributed by atoms with Gasteiger partial charge in [-0.3, -0.25) is 9.78 Å². The zero-order valence-corrected chi connectivity index (χ0v) is 9.21. The van der Waals surface area contributed by atoms with E-state index in [0.29, 0.717) is 0 Å². The SMILES string of the molecule is O=C(c1cccnc1)c1cc(F)c(Cl)cc1F. The first-order valence-corrected chi connectivity index (χ1v) is 5.06. The van der Waals surface area contributed by atoms with Crippen molar-refractivity contribution >= 4 is 17.4 Å². The molecule has 5 heteroatoms. The first-order valence-electron chi connectivity index (χ1n) is 4.69. The van der Waals surface area contributed by atoms with Crippen LogP contribution in [0.3, 0.4) is 0 Å². The summed E-state index contributed by atoms with van der Waals surface area (Å²) >= 11 is 5.40. The average molecular weight is 254 g/mol. The topological polar surface area (TPSA) is 30.0 Å². The number of hydrogen-bond donors (Lipinski definition) is 0.